The van der Waals surface area contributed by atoms with Gasteiger partial charge in [0, 0.05) is 0 Å². The van der Waals surface area contributed by atoms with Crippen LogP contribution in [0, 0.1) is 0 Å². The summed E-state index contributed by atoms with van der Waals surface area (Å²) in [5.41, 5.74) is 0. The summed E-state index contributed by atoms with van der Waals surface area (Å²) >= 11 is 0. The van der Waals surface area contributed by atoms with Gasteiger partial charge >= 0.3 is 0 Å². The Morgan fingerprint density at radius 2 is 2.33 bits per heavy atom. The molecule has 0 saturated carbocycles. The van der Waals surface area contributed by atoms with Gasteiger partial charge in [-0.3, -0.25) is 5.26 Å². The summed E-state index contributed by atoms with van der Waals surface area (Å²) in [4.78, 5) is 3.78. The average molecular weight is 134 g/mol. The van der Waals surface area contributed by atoms with Crippen LogP contribution in [-0.4, -0.2) is 37.8 Å². The van der Waals surface area contributed by atoms with Gasteiger partial charge in [-0.05, 0) is 0 Å². The van der Waals surface area contributed by atoms with Crippen molar-refractivity contribution in [3.8, 4) is 0 Å². The van der Waals surface area contributed by atoms with Gasteiger partial charge in [-0.1, -0.05) is 0 Å². The largest absolute Gasteiger partial charge is 0.376 e. The Morgan fingerprint density at radius 1 is 1.56 bits per heavy atom. The molecule has 1 unspecified atom stereocenters. The molecule has 0 aromatic heterocycles. The van der Waals surface area contributed by atoms with Gasteiger partial charge in [0.05, 0.1) is 19.8 Å². The Morgan fingerprint density at radius 3 is 2.89 bits per heavy atom. The minimum Gasteiger partial charge on any atom is -0.376 e. The van der Waals surface area contributed by atoms with Crippen molar-refractivity contribution in [1.29, 1.82) is 0 Å². The molecule has 1 aliphatic heterocycles. The highest BCUT2D eigenvalue weighted by atomic mass is 17.1. The van der Waals surface area contributed by atoms with Crippen LogP contribution in [0.15, 0.2) is 0 Å². The number of rotatable bonds is 5. The summed E-state index contributed by atoms with van der Waals surface area (Å²) < 4.78 is 9.85. The SMILES string of the molecule is OOCCOCC1CO1. The minimum absolute atomic E-state index is 0.229. The van der Waals surface area contributed by atoms with Crippen LogP contribution in [0.3, 0.4) is 0 Å². The highest BCUT2D eigenvalue weighted by Gasteiger charge is 2.21. The van der Waals surface area contributed by atoms with Gasteiger partial charge in [-0.25, -0.2) is 4.89 Å². The molecule has 1 rings (SSSR count). The van der Waals surface area contributed by atoms with Gasteiger partial charge in [-0.15, -0.1) is 0 Å². The zero-order valence-corrected chi connectivity index (χ0v) is 5.08. The lowest BCUT2D eigenvalue weighted by molar-refractivity contribution is -0.249. The Bertz CT molecular complexity index is 71.4. The van der Waals surface area contributed by atoms with Gasteiger partial charge in [0.2, 0.25) is 0 Å². The first-order valence-electron chi connectivity index (χ1n) is 2.89. The lowest BCUT2D eigenvalue weighted by atomic mass is 10.5. The van der Waals surface area contributed by atoms with Crippen molar-refractivity contribution in [2.45, 2.75) is 6.10 Å². The van der Waals surface area contributed by atoms with E-state index in [1.54, 1.807) is 0 Å². The second-order valence-corrected chi connectivity index (χ2v) is 1.86. The first kappa shape index (κ1) is 6.95. The van der Waals surface area contributed by atoms with E-state index < -0.39 is 0 Å². The molecule has 1 atom stereocenters. The molecule has 0 bridgehead atoms. The Kier molecular flexibility index (Phi) is 2.93. The molecule has 0 aliphatic carbocycles. The topological polar surface area (TPSA) is 51.2 Å². The second-order valence-electron chi connectivity index (χ2n) is 1.86. The lowest BCUT2D eigenvalue weighted by Crippen LogP contribution is -2.06. The predicted molar refractivity (Wildman–Crippen MR) is 29.1 cm³/mol. The molecule has 1 saturated heterocycles. The van der Waals surface area contributed by atoms with Crippen molar-refractivity contribution in [3.63, 3.8) is 0 Å². The van der Waals surface area contributed by atoms with E-state index in [-0.39, 0.29) is 6.61 Å². The fraction of sp³-hybridized carbons (Fsp3) is 1.00. The van der Waals surface area contributed by atoms with E-state index >= 15 is 0 Å². The van der Waals surface area contributed by atoms with Crippen molar-refractivity contribution < 1.29 is 19.6 Å². The van der Waals surface area contributed by atoms with E-state index in [1.807, 2.05) is 0 Å². The fourth-order valence-corrected chi connectivity index (χ4v) is 0.475. The van der Waals surface area contributed by atoms with Gasteiger partial charge in [0.25, 0.3) is 0 Å². The van der Waals surface area contributed by atoms with Crippen molar-refractivity contribution >= 4 is 0 Å². The summed E-state index contributed by atoms with van der Waals surface area (Å²) in [6.07, 6.45) is 0.295. The number of ether oxygens (including phenoxy) is 2. The second kappa shape index (κ2) is 3.79. The van der Waals surface area contributed by atoms with Crippen LogP contribution in [0.4, 0.5) is 0 Å². The van der Waals surface area contributed by atoms with E-state index in [2.05, 4.69) is 4.89 Å². The van der Waals surface area contributed by atoms with Crippen LogP contribution < -0.4 is 0 Å². The van der Waals surface area contributed by atoms with E-state index in [1.165, 1.54) is 0 Å². The molecule has 0 aromatic rings. The average Bonchev–Trinajstić information content (AvgIpc) is 2.63. The summed E-state index contributed by atoms with van der Waals surface area (Å²) in [7, 11) is 0. The van der Waals surface area contributed by atoms with Crippen LogP contribution in [0.5, 0.6) is 0 Å². The molecule has 4 nitrogen and oxygen atoms in total. The van der Waals surface area contributed by atoms with Gasteiger partial charge in [0.1, 0.15) is 12.7 Å². The van der Waals surface area contributed by atoms with Crippen LogP contribution in [0.25, 0.3) is 0 Å². The summed E-state index contributed by atoms with van der Waals surface area (Å²) in [5, 5.41) is 7.84. The maximum Gasteiger partial charge on any atom is 0.105 e. The summed E-state index contributed by atoms with van der Waals surface area (Å²) in [5.74, 6) is 0. The molecule has 0 amide bonds. The Labute approximate surface area is 53.3 Å². The molecule has 54 valence electrons. The zero-order chi connectivity index (χ0) is 6.53. The third-order valence-electron chi connectivity index (χ3n) is 1.03. The molecule has 4 heteroatoms. The van der Waals surface area contributed by atoms with E-state index in [9.17, 15) is 0 Å². The van der Waals surface area contributed by atoms with Gasteiger partial charge < -0.3 is 9.47 Å². The number of epoxide rings is 1. The third-order valence-corrected chi connectivity index (χ3v) is 1.03. The van der Waals surface area contributed by atoms with E-state index in [0.29, 0.717) is 19.3 Å². The van der Waals surface area contributed by atoms with Crippen LogP contribution >= 0.6 is 0 Å². The molecule has 1 N–H and O–H groups in total. The fourth-order valence-electron chi connectivity index (χ4n) is 0.475. The van der Waals surface area contributed by atoms with Crippen LogP contribution in [-0.2, 0) is 14.4 Å². The summed E-state index contributed by atoms with van der Waals surface area (Å²) in [6.45, 7) is 2.08. The van der Waals surface area contributed by atoms with Gasteiger partial charge in [-0.2, -0.15) is 0 Å². The predicted octanol–water partition coefficient (Wildman–Crippen LogP) is -0.109. The van der Waals surface area contributed by atoms with Crippen molar-refractivity contribution in [2.24, 2.45) is 0 Å². The summed E-state index contributed by atoms with van der Waals surface area (Å²) in [6, 6.07) is 0. The standard InChI is InChI=1S/C5H10O4/c6-9-2-1-7-3-5-4-8-5/h5-6H,1-4H2. The Hall–Kier alpha value is -0.160. The van der Waals surface area contributed by atoms with E-state index in [4.69, 9.17) is 14.7 Å². The van der Waals surface area contributed by atoms with Crippen molar-refractivity contribution in [3.05, 3.63) is 0 Å². The van der Waals surface area contributed by atoms with E-state index in [0.717, 1.165) is 6.61 Å². The molecule has 9 heavy (non-hydrogen) atoms. The maximum absolute atomic E-state index is 7.84. The van der Waals surface area contributed by atoms with Crippen molar-refractivity contribution in [2.75, 3.05) is 26.4 Å². The van der Waals surface area contributed by atoms with Crippen LogP contribution in [0.2, 0.25) is 0 Å². The number of hydrogen-bond acceptors (Lipinski definition) is 4. The quantitative estimate of drug-likeness (QED) is 0.247. The highest BCUT2D eigenvalue weighted by Crippen LogP contribution is 2.07. The highest BCUT2D eigenvalue weighted by molar-refractivity contribution is 4.66. The number of hydrogen-bond donors (Lipinski definition) is 1. The molecular formula is C5H10O4. The first-order chi connectivity index (χ1) is 4.43. The molecule has 0 spiro atoms. The molecule has 1 fully saturated rings. The molecule has 0 aromatic carbocycles. The normalized spacial score (nSPS) is 24.3. The van der Waals surface area contributed by atoms with Crippen LogP contribution in [0.1, 0.15) is 0 Å². The lowest BCUT2D eigenvalue weighted by Gasteiger charge is -1.97. The molecule has 0 radical (unpaired) electrons. The molecule has 1 aliphatic rings. The smallest absolute Gasteiger partial charge is 0.105 e. The molecular weight excluding hydrogens is 124 g/mol. The molecule has 1 heterocycles. The monoisotopic (exact) mass is 134 g/mol. The minimum atomic E-state index is 0.229. The third kappa shape index (κ3) is 3.42. The maximum atomic E-state index is 7.84. The Balaban J connectivity index is 1.71. The van der Waals surface area contributed by atoms with Gasteiger partial charge in [0.15, 0.2) is 0 Å². The zero-order valence-electron chi connectivity index (χ0n) is 5.08. The van der Waals surface area contributed by atoms with Crippen molar-refractivity contribution in [1.82, 2.24) is 0 Å². The first-order valence-corrected chi connectivity index (χ1v) is 2.89.